The Morgan fingerprint density at radius 2 is 2.00 bits per heavy atom. The van der Waals surface area contributed by atoms with Crippen LogP contribution in [0.25, 0.3) is 11.3 Å². The van der Waals surface area contributed by atoms with Gasteiger partial charge < -0.3 is 9.47 Å². The summed E-state index contributed by atoms with van der Waals surface area (Å²) in [5, 5.41) is 1.12. The number of hydrogen-bond acceptors (Lipinski definition) is 4. The summed E-state index contributed by atoms with van der Waals surface area (Å²) in [5.41, 5.74) is 2.21. The second kappa shape index (κ2) is 7.88. The van der Waals surface area contributed by atoms with Crippen LogP contribution in [0.5, 0.6) is 0 Å². The lowest BCUT2D eigenvalue weighted by Crippen LogP contribution is -2.04. The van der Waals surface area contributed by atoms with E-state index in [4.69, 9.17) is 14.5 Å². The zero-order valence-corrected chi connectivity index (χ0v) is 14.1. The molecule has 108 valence electrons. The van der Waals surface area contributed by atoms with Gasteiger partial charge in [0.2, 0.25) is 0 Å². The first-order valence-corrected chi connectivity index (χ1v) is 8.11. The normalized spacial score (nSPS) is 10.9. The van der Waals surface area contributed by atoms with E-state index in [9.17, 15) is 0 Å². The van der Waals surface area contributed by atoms with Gasteiger partial charge in [-0.1, -0.05) is 34.1 Å². The number of rotatable bonds is 7. The van der Waals surface area contributed by atoms with Crippen LogP contribution in [-0.2, 0) is 15.9 Å². The van der Waals surface area contributed by atoms with Crippen molar-refractivity contribution >= 4 is 27.3 Å². The molecule has 0 saturated heterocycles. The molecule has 20 heavy (non-hydrogen) atoms. The molecule has 0 unspecified atom stereocenters. The molecule has 0 aliphatic carbocycles. The van der Waals surface area contributed by atoms with E-state index >= 15 is 0 Å². The molecule has 1 aromatic heterocycles. The smallest absolute Gasteiger partial charge is 0.0958 e. The van der Waals surface area contributed by atoms with Crippen LogP contribution in [0.4, 0.5) is 0 Å². The Balaban J connectivity index is 2.01. The van der Waals surface area contributed by atoms with Crippen LogP contribution in [-0.4, -0.2) is 31.9 Å². The number of hydrogen-bond donors (Lipinski definition) is 0. The minimum Gasteiger partial charge on any atom is -0.382 e. The molecule has 0 spiro atoms. The third-order valence-electron chi connectivity index (χ3n) is 2.86. The SMILES string of the molecule is COCCOCCc1nc(-c2ccccc2Br)c(C)s1. The van der Waals surface area contributed by atoms with Gasteiger partial charge in [-0.3, -0.25) is 0 Å². The summed E-state index contributed by atoms with van der Waals surface area (Å²) in [6, 6.07) is 8.18. The minimum atomic E-state index is 0.637. The van der Waals surface area contributed by atoms with Gasteiger partial charge >= 0.3 is 0 Å². The Labute approximate surface area is 132 Å². The summed E-state index contributed by atoms with van der Waals surface area (Å²) in [6.07, 6.45) is 0.847. The van der Waals surface area contributed by atoms with Gasteiger partial charge in [0, 0.05) is 28.4 Å². The number of aryl methyl sites for hydroxylation is 1. The van der Waals surface area contributed by atoms with Crippen molar-refractivity contribution in [2.45, 2.75) is 13.3 Å². The number of methoxy groups -OCH3 is 1. The van der Waals surface area contributed by atoms with E-state index in [1.165, 1.54) is 4.88 Å². The lowest BCUT2D eigenvalue weighted by atomic mass is 10.1. The maximum absolute atomic E-state index is 5.49. The van der Waals surface area contributed by atoms with Gasteiger partial charge in [0.05, 0.1) is 30.5 Å². The molecule has 3 nitrogen and oxygen atoms in total. The van der Waals surface area contributed by atoms with Crippen molar-refractivity contribution in [3.05, 3.63) is 38.6 Å². The summed E-state index contributed by atoms with van der Waals surface area (Å²) in [6.45, 7) is 4.07. The van der Waals surface area contributed by atoms with E-state index in [2.05, 4.69) is 28.9 Å². The van der Waals surface area contributed by atoms with Gasteiger partial charge in [0.25, 0.3) is 0 Å². The Hall–Kier alpha value is -0.750. The Bertz CT molecular complexity index is 557. The maximum Gasteiger partial charge on any atom is 0.0958 e. The fourth-order valence-corrected chi connectivity index (χ4v) is 3.27. The van der Waals surface area contributed by atoms with Crippen LogP contribution >= 0.6 is 27.3 Å². The molecule has 2 aromatic rings. The van der Waals surface area contributed by atoms with Crippen molar-refractivity contribution in [2.24, 2.45) is 0 Å². The van der Waals surface area contributed by atoms with Crippen LogP contribution in [0.2, 0.25) is 0 Å². The summed E-state index contributed by atoms with van der Waals surface area (Å²) >= 11 is 5.32. The van der Waals surface area contributed by atoms with E-state index in [1.54, 1.807) is 18.4 Å². The van der Waals surface area contributed by atoms with E-state index in [0.29, 0.717) is 19.8 Å². The molecule has 0 aliphatic rings. The third-order valence-corrected chi connectivity index (χ3v) is 4.58. The van der Waals surface area contributed by atoms with Crippen molar-refractivity contribution in [2.75, 3.05) is 26.9 Å². The zero-order chi connectivity index (χ0) is 14.4. The fraction of sp³-hybridized carbons (Fsp3) is 0.400. The number of aromatic nitrogens is 1. The van der Waals surface area contributed by atoms with Gasteiger partial charge in [-0.2, -0.15) is 0 Å². The highest BCUT2D eigenvalue weighted by molar-refractivity contribution is 9.10. The monoisotopic (exact) mass is 355 g/mol. The predicted molar refractivity (Wildman–Crippen MR) is 86.4 cm³/mol. The topological polar surface area (TPSA) is 31.4 Å². The zero-order valence-electron chi connectivity index (χ0n) is 11.7. The maximum atomic E-state index is 5.49. The molecule has 0 aliphatic heterocycles. The average Bonchev–Trinajstić information content (AvgIpc) is 2.80. The summed E-state index contributed by atoms with van der Waals surface area (Å²) in [4.78, 5) is 5.98. The first-order valence-electron chi connectivity index (χ1n) is 6.50. The van der Waals surface area contributed by atoms with Crippen LogP contribution in [0, 0.1) is 6.92 Å². The van der Waals surface area contributed by atoms with Crippen LogP contribution in [0.3, 0.4) is 0 Å². The third kappa shape index (κ3) is 4.12. The van der Waals surface area contributed by atoms with Crippen LogP contribution in [0.15, 0.2) is 28.7 Å². The fourth-order valence-electron chi connectivity index (χ4n) is 1.87. The van der Waals surface area contributed by atoms with Gasteiger partial charge in [-0.05, 0) is 13.0 Å². The number of benzene rings is 1. The quantitative estimate of drug-likeness (QED) is 0.701. The second-order valence-corrected chi connectivity index (χ2v) is 6.49. The molecule has 0 radical (unpaired) electrons. The van der Waals surface area contributed by atoms with Gasteiger partial charge in [0.1, 0.15) is 0 Å². The molecular weight excluding hydrogens is 338 g/mol. The minimum absolute atomic E-state index is 0.637. The molecule has 0 fully saturated rings. The largest absolute Gasteiger partial charge is 0.382 e. The van der Waals surface area contributed by atoms with Gasteiger partial charge in [0.15, 0.2) is 0 Å². The highest BCUT2D eigenvalue weighted by Gasteiger charge is 2.11. The van der Waals surface area contributed by atoms with Gasteiger partial charge in [-0.25, -0.2) is 4.98 Å². The van der Waals surface area contributed by atoms with E-state index in [1.807, 2.05) is 18.2 Å². The molecule has 0 atom stereocenters. The van der Waals surface area contributed by atoms with E-state index in [-0.39, 0.29) is 0 Å². The van der Waals surface area contributed by atoms with E-state index in [0.717, 1.165) is 27.2 Å². The molecule has 2 rings (SSSR count). The Morgan fingerprint density at radius 3 is 2.75 bits per heavy atom. The van der Waals surface area contributed by atoms with E-state index < -0.39 is 0 Å². The summed E-state index contributed by atoms with van der Waals surface area (Å²) in [7, 11) is 1.68. The van der Waals surface area contributed by atoms with Crippen molar-refractivity contribution in [3.8, 4) is 11.3 Å². The molecule has 1 aromatic carbocycles. The van der Waals surface area contributed by atoms with Gasteiger partial charge in [-0.15, -0.1) is 11.3 Å². The van der Waals surface area contributed by atoms with Crippen molar-refractivity contribution in [3.63, 3.8) is 0 Å². The van der Waals surface area contributed by atoms with Crippen LogP contribution < -0.4 is 0 Å². The Morgan fingerprint density at radius 1 is 1.20 bits per heavy atom. The second-order valence-electron chi connectivity index (χ2n) is 4.35. The standard InChI is InChI=1S/C15H18BrNO2S/c1-11-15(12-5-3-4-6-13(12)16)17-14(20-11)7-8-19-10-9-18-2/h3-6H,7-10H2,1-2H3. The lowest BCUT2D eigenvalue weighted by molar-refractivity contribution is 0.0722. The molecule has 0 saturated carbocycles. The molecule has 5 heteroatoms. The van der Waals surface area contributed by atoms with Crippen molar-refractivity contribution < 1.29 is 9.47 Å². The lowest BCUT2D eigenvalue weighted by Gasteiger charge is -2.02. The Kier molecular flexibility index (Phi) is 6.16. The summed E-state index contributed by atoms with van der Waals surface area (Å²) in [5.74, 6) is 0. The molecule has 0 N–H and O–H groups in total. The first kappa shape index (κ1) is 15.6. The molecule has 0 bridgehead atoms. The van der Waals surface area contributed by atoms with Crippen molar-refractivity contribution in [1.82, 2.24) is 4.98 Å². The predicted octanol–water partition coefficient (Wildman–Crippen LogP) is 4.09. The molecular formula is C15H18BrNO2S. The number of halogens is 1. The summed E-state index contributed by atoms with van der Waals surface area (Å²) < 4.78 is 11.5. The highest BCUT2D eigenvalue weighted by atomic mass is 79.9. The number of thiazole rings is 1. The number of nitrogens with zero attached hydrogens (tertiary/aromatic N) is 1. The first-order chi connectivity index (χ1) is 9.72. The van der Waals surface area contributed by atoms with Crippen molar-refractivity contribution in [1.29, 1.82) is 0 Å². The highest BCUT2D eigenvalue weighted by Crippen LogP contribution is 2.32. The molecule has 0 amide bonds. The van der Waals surface area contributed by atoms with Crippen LogP contribution in [0.1, 0.15) is 9.88 Å². The molecule has 1 heterocycles. The number of ether oxygens (including phenoxy) is 2. The average molecular weight is 356 g/mol.